The Hall–Kier alpha value is -0.500. The van der Waals surface area contributed by atoms with Crippen LogP contribution in [-0.2, 0) is 18.4 Å². The van der Waals surface area contributed by atoms with Crippen LogP contribution in [0.3, 0.4) is 0 Å². The second-order valence-corrected chi connectivity index (χ2v) is 16.1. The third kappa shape index (κ3) is 32.1. The number of carbonyl (C=O) groups is 1. The summed E-state index contributed by atoms with van der Waals surface area (Å²) in [6.45, 7) is 4.67. The number of quaternary nitrogens is 1. The number of rotatable bonds is 35. The molecule has 0 aliphatic carbocycles. The highest BCUT2D eigenvalue weighted by Gasteiger charge is 2.24. The van der Waals surface area contributed by atoms with Gasteiger partial charge in [-0.05, 0) is 12.8 Å². The van der Waals surface area contributed by atoms with Gasteiger partial charge >= 0.3 is 0 Å². The molecule has 3 atom stereocenters. The summed E-state index contributed by atoms with van der Waals surface area (Å²) in [7, 11) is 1.31. The van der Waals surface area contributed by atoms with Crippen molar-refractivity contribution in [2.45, 2.75) is 193 Å². The summed E-state index contributed by atoms with van der Waals surface area (Å²) >= 11 is 0. The van der Waals surface area contributed by atoms with Crippen molar-refractivity contribution < 1.29 is 32.9 Å². The summed E-state index contributed by atoms with van der Waals surface area (Å²) in [4.78, 5) is 25.1. The van der Waals surface area contributed by atoms with Gasteiger partial charge in [-0.1, -0.05) is 162 Å². The monoisotopic (exact) mass is 677 g/mol. The summed E-state index contributed by atoms with van der Waals surface area (Å²) in [5.74, 6) is -0.167. The molecule has 9 heteroatoms. The van der Waals surface area contributed by atoms with E-state index in [0.29, 0.717) is 23.9 Å². The van der Waals surface area contributed by atoms with Gasteiger partial charge in [0.05, 0.1) is 39.9 Å². The van der Waals surface area contributed by atoms with Gasteiger partial charge in [-0.2, -0.15) is 0 Å². The van der Waals surface area contributed by atoms with Crippen LogP contribution >= 0.6 is 7.82 Å². The SMILES string of the molecule is CCCCCCCCCCCCCCCCCCCC(=O)NC(COP(=O)([O-])OCC[N+](C)(C)C)C(O)CCCCCCCCC. The molecule has 0 aliphatic heterocycles. The van der Waals surface area contributed by atoms with Crippen LogP contribution in [0.4, 0.5) is 0 Å². The topological polar surface area (TPSA) is 108 Å². The van der Waals surface area contributed by atoms with E-state index in [4.69, 9.17) is 9.05 Å². The maximum absolute atomic E-state index is 12.7. The van der Waals surface area contributed by atoms with Crippen LogP contribution in [0, 0.1) is 0 Å². The van der Waals surface area contributed by atoms with Crippen LogP contribution in [-0.4, -0.2) is 68.5 Å². The molecule has 0 spiro atoms. The van der Waals surface area contributed by atoms with Crippen LogP contribution < -0.4 is 10.2 Å². The zero-order chi connectivity index (χ0) is 34.4. The van der Waals surface area contributed by atoms with Crippen molar-refractivity contribution in [3.63, 3.8) is 0 Å². The molecule has 0 radical (unpaired) electrons. The van der Waals surface area contributed by atoms with E-state index in [0.717, 1.165) is 38.5 Å². The number of phosphoric ester groups is 1. The Morgan fingerprint density at radius 3 is 1.48 bits per heavy atom. The lowest BCUT2D eigenvalue weighted by molar-refractivity contribution is -0.870. The number of unbranched alkanes of at least 4 members (excludes halogenated alkanes) is 22. The van der Waals surface area contributed by atoms with Gasteiger partial charge in [0.2, 0.25) is 5.91 Å². The summed E-state index contributed by atoms with van der Waals surface area (Å²) in [6, 6.07) is -0.789. The molecule has 0 heterocycles. The first-order valence-electron chi connectivity index (χ1n) is 19.4. The minimum absolute atomic E-state index is 0.0151. The van der Waals surface area contributed by atoms with Crippen molar-refractivity contribution in [3.8, 4) is 0 Å². The lowest BCUT2D eigenvalue weighted by Gasteiger charge is -2.30. The maximum Gasteiger partial charge on any atom is 0.268 e. The fourth-order valence-electron chi connectivity index (χ4n) is 5.69. The van der Waals surface area contributed by atoms with E-state index in [-0.39, 0.29) is 19.1 Å². The molecule has 0 fully saturated rings. The number of hydrogen-bond donors (Lipinski definition) is 2. The average Bonchev–Trinajstić information content (AvgIpc) is 2.99. The first-order valence-corrected chi connectivity index (χ1v) is 20.8. The quantitative estimate of drug-likeness (QED) is 0.0394. The number of likely N-dealkylation sites (N-methyl/N-ethyl adjacent to an activating group) is 1. The van der Waals surface area contributed by atoms with Crippen molar-refractivity contribution in [3.05, 3.63) is 0 Å². The van der Waals surface area contributed by atoms with Gasteiger partial charge in [-0.3, -0.25) is 9.36 Å². The zero-order valence-electron chi connectivity index (χ0n) is 31.0. The summed E-state index contributed by atoms with van der Waals surface area (Å²) < 4.78 is 23.1. The first-order chi connectivity index (χ1) is 22.0. The highest BCUT2D eigenvalue weighted by atomic mass is 31.2. The molecule has 0 aromatic carbocycles. The molecular weight excluding hydrogens is 599 g/mol. The van der Waals surface area contributed by atoms with Crippen molar-refractivity contribution in [2.24, 2.45) is 0 Å². The van der Waals surface area contributed by atoms with Gasteiger partial charge in [-0.15, -0.1) is 0 Å². The molecule has 0 aliphatic rings. The van der Waals surface area contributed by atoms with E-state index in [2.05, 4.69) is 19.2 Å². The van der Waals surface area contributed by atoms with Crippen LogP contribution in [0.5, 0.6) is 0 Å². The Morgan fingerprint density at radius 1 is 0.674 bits per heavy atom. The third-order valence-electron chi connectivity index (χ3n) is 8.85. The predicted octanol–water partition coefficient (Wildman–Crippen LogP) is 9.22. The van der Waals surface area contributed by atoms with Crippen molar-refractivity contribution in [2.75, 3.05) is 40.9 Å². The molecule has 1 amide bonds. The van der Waals surface area contributed by atoms with E-state index in [1.165, 1.54) is 116 Å². The summed E-state index contributed by atoms with van der Waals surface area (Å²) in [5.41, 5.74) is 0. The van der Waals surface area contributed by atoms with Gasteiger partial charge < -0.3 is 28.8 Å². The van der Waals surface area contributed by atoms with Crippen LogP contribution in [0.2, 0.25) is 0 Å². The molecule has 0 aromatic heterocycles. The van der Waals surface area contributed by atoms with Crippen molar-refractivity contribution >= 4 is 13.7 Å². The van der Waals surface area contributed by atoms with Gasteiger partial charge in [-0.25, -0.2) is 0 Å². The Morgan fingerprint density at radius 2 is 1.07 bits per heavy atom. The molecule has 0 saturated heterocycles. The standard InChI is InChI=1S/C37H77N2O6P/c1-6-8-10-12-14-15-16-17-18-19-20-21-22-23-25-27-29-31-37(41)38-35(36(40)30-28-26-24-13-11-9-7-2)34-45-46(42,43)44-33-32-39(3,4)5/h35-36,40H,6-34H2,1-5H3,(H-,38,41,42,43). The number of phosphoric acid groups is 1. The second-order valence-electron chi connectivity index (χ2n) is 14.6. The normalized spacial score (nSPS) is 14.7. The van der Waals surface area contributed by atoms with E-state index in [9.17, 15) is 19.4 Å². The first kappa shape index (κ1) is 45.5. The fourth-order valence-corrected chi connectivity index (χ4v) is 6.41. The van der Waals surface area contributed by atoms with Crippen LogP contribution in [0.25, 0.3) is 0 Å². The number of carbonyl (C=O) groups excluding carboxylic acids is 1. The molecule has 276 valence electrons. The smallest absolute Gasteiger partial charge is 0.268 e. The Kier molecular flexibility index (Phi) is 30.2. The molecular formula is C37H77N2O6P. The highest BCUT2D eigenvalue weighted by molar-refractivity contribution is 7.45. The van der Waals surface area contributed by atoms with Crippen molar-refractivity contribution in [1.29, 1.82) is 0 Å². The number of hydrogen-bond acceptors (Lipinski definition) is 6. The minimum Gasteiger partial charge on any atom is -0.756 e. The lowest BCUT2D eigenvalue weighted by atomic mass is 10.0. The predicted molar refractivity (Wildman–Crippen MR) is 192 cm³/mol. The largest absolute Gasteiger partial charge is 0.756 e. The minimum atomic E-state index is -4.54. The molecule has 2 N–H and O–H groups in total. The van der Waals surface area contributed by atoms with Gasteiger partial charge in [0.15, 0.2) is 0 Å². The second kappa shape index (κ2) is 30.6. The third-order valence-corrected chi connectivity index (χ3v) is 9.81. The maximum atomic E-state index is 12.7. The van der Waals surface area contributed by atoms with E-state index in [1.807, 2.05) is 21.1 Å². The number of nitrogens with zero attached hydrogens (tertiary/aromatic N) is 1. The number of amides is 1. The average molecular weight is 677 g/mol. The summed E-state index contributed by atoms with van der Waals surface area (Å²) in [6.07, 6.45) is 29.7. The van der Waals surface area contributed by atoms with E-state index < -0.39 is 20.0 Å². The molecule has 46 heavy (non-hydrogen) atoms. The molecule has 0 saturated carbocycles. The van der Waals surface area contributed by atoms with Crippen LogP contribution in [0.15, 0.2) is 0 Å². The molecule has 8 nitrogen and oxygen atoms in total. The zero-order valence-corrected chi connectivity index (χ0v) is 31.9. The molecule has 0 bridgehead atoms. The molecule has 0 aromatic rings. The number of aliphatic hydroxyl groups is 1. The Labute approximate surface area is 285 Å². The van der Waals surface area contributed by atoms with E-state index >= 15 is 0 Å². The van der Waals surface area contributed by atoms with Crippen LogP contribution in [0.1, 0.15) is 181 Å². The van der Waals surface area contributed by atoms with Crippen molar-refractivity contribution in [1.82, 2.24) is 5.32 Å². The van der Waals surface area contributed by atoms with Gasteiger partial charge in [0.25, 0.3) is 7.82 Å². The van der Waals surface area contributed by atoms with Gasteiger partial charge in [0.1, 0.15) is 13.2 Å². The Bertz CT molecular complexity index is 733. The summed E-state index contributed by atoms with van der Waals surface area (Å²) in [5, 5.41) is 13.7. The fraction of sp³-hybridized carbons (Fsp3) is 0.973. The lowest BCUT2D eigenvalue weighted by Crippen LogP contribution is -2.46. The number of nitrogens with one attached hydrogen (secondary N) is 1. The Balaban J connectivity index is 4.26. The van der Waals surface area contributed by atoms with Gasteiger partial charge in [0, 0.05) is 6.42 Å². The molecule has 3 unspecified atom stereocenters. The van der Waals surface area contributed by atoms with E-state index in [1.54, 1.807) is 0 Å². The molecule has 0 rings (SSSR count). The number of aliphatic hydroxyl groups excluding tert-OH is 1. The highest BCUT2D eigenvalue weighted by Crippen LogP contribution is 2.38.